The molecule has 0 radical (unpaired) electrons. The number of aromatic carboxylic acids is 1. The maximum Gasteiger partial charge on any atom is 0.339 e. The van der Waals surface area contributed by atoms with Crippen LogP contribution in [0.5, 0.6) is 0 Å². The highest BCUT2D eigenvalue weighted by molar-refractivity contribution is 6.29. The number of carboxylic acid groups (broad SMARTS) is 1. The van der Waals surface area contributed by atoms with Crippen molar-refractivity contribution >= 4 is 29.1 Å². The molecule has 1 aromatic heterocycles. The van der Waals surface area contributed by atoms with E-state index in [1.807, 2.05) is 29.2 Å². The van der Waals surface area contributed by atoms with Gasteiger partial charge in [-0.25, -0.2) is 9.78 Å². The summed E-state index contributed by atoms with van der Waals surface area (Å²) in [7, 11) is 0. The Labute approximate surface area is 115 Å². The van der Waals surface area contributed by atoms with Crippen LogP contribution in [0.1, 0.15) is 15.9 Å². The van der Waals surface area contributed by atoms with Crippen LogP contribution in [-0.4, -0.2) is 22.6 Å². The molecule has 0 spiro atoms. The first-order chi connectivity index (χ1) is 9.16. The molecule has 1 aromatic carbocycles. The van der Waals surface area contributed by atoms with E-state index in [0.29, 0.717) is 17.5 Å². The van der Waals surface area contributed by atoms with Gasteiger partial charge < -0.3 is 10.0 Å². The molecule has 0 fully saturated rings. The highest BCUT2D eigenvalue weighted by Gasteiger charge is 2.25. The monoisotopic (exact) mass is 274 g/mol. The lowest BCUT2D eigenvalue weighted by Gasteiger charge is -2.20. The average Bonchev–Trinajstić information content (AvgIpc) is 2.82. The fraction of sp³-hybridized carbons (Fsp3) is 0.143. The van der Waals surface area contributed by atoms with Gasteiger partial charge in [-0.15, -0.1) is 0 Å². The number of para-hydroxylation sites is 1. The quantitative estimate of drug-likeness (QED) is 0.855. The minimum Gasteiger partial charge on any atom is -0.478 e. The predicted octanol–water partition coefficient (Wildman–Crippen LogP) is 3.13. The number of pyridine rings is 1. The molecule has 0 amide bonds. The fourth-order valence-electron chi connectivity index (χ4n) is 2.36. The zero-order valence-corrected chi connectivity index (χ0v) is 10.8. The standard InChI is InChI=1S/C14H11ClN2O2/c15-12-6-5-10(14(18)19)13(16-12)17-8-7-9-3-1-2-4-11(9)17/h1-6H,7-8H2,(H,18,19). The minimum atomic E-state index is -0.997. The molecule has 1 N–H and O–H groups in total. The van der Waals surface area contributed by atoms with E-state index < -0.39 is 5.97 Å². The smallest absolute Gasteiger partial charge is 0.339 e. The zero-order chi connectivity index (χ0) is 13.4. The second-order valence-corrected chi connectivity index (χ2v) is 4.73. The van der Waals surface area contributed by atoms with Crippen LogP contribution in [0, 0.1) is 0 Å². The van der Waals surface area contributed by atoms with Crippen molar-refractivity contribution in [1.82, 2.24) is 4.98 Å². The molecule has 0 aliphatic carbocycles. The van der Waals surface area contributed by atoms with Crippen molar-refractivity contribution in [3.05, 3.63) is 52.7 Å². The first-order valence-corrected chi connectivity index (χ1v) is 6.30. The SMILES string of the molecule is O=C(O)c1ccc(Cl)nc1N1CCc2ccccc21. The summed E-state index contributed by atoms with van der Waals surface area (Å²) in [6, 6.07) is 10.9. The third kappa shape index (κ3) is 2.04. The van der Waals surface area contributed by atoms with Crippen LogP contribution in [0.15, 0.2) is 36.4 Å². The summed E-state index contributed by atoms with van der Waals surface area (Å²) >= 11 is 5.90. The van der Waals surface area contributed by atoms with E-state index in [0.717, 1.165) is 12.1 Å². The molecule has 1 aliphatic rings. The van der Waals surface area contributed by atoms with Crippen LogP contribution >= 0.6 is 11.6 Å². The van der Waals surface area contributed by atoms with E-state index in [2.05, 4.69) is 4.98 Å². The highest BCUT2D eigenvalue weighted by Crippen LogP contribution is 2.35. The largest absolute Gasteiger partial charge is 0.478 e. The number of carboxylic acids is 1. The number of carbonyl (C=O) groups is 1. The summed E-state index contributed by atoms with van der Waals surface area (Å²) < 4.78 is 0. The molecular formula is C14H11ClN2O2. The van der Waals surface area contributed by atoms with Crippen LogP contribution in [0.3, 0.4) is 0 Å². The van der Waals surface area contributed by atoms with Gasteiger partial charge in [0, 0.05) is 12.2 Å². The molecule has 19 heavy (non-hydrogen) atoms. The van der Waals surface area contributed by atoms with Crippen molar-refractivity contribution in [1.29, 1.82) is 0 Å². The highest BCUT2D eigenvalue weighted by atomic mass is 35.5. The van der Waals surface area contributed by atoms with Crippen molar-refractivity contribution in [2.24, 2.45) is 0 Å². The minimum absolute atomic E-state index is 0.168. The number of hydrogen-bond donors (Lipinski definition) is 1. The van der Waals surface area contributed by atoms with Gasteiger partial charge in [-0.1, -0.05) is 29.8 Å². The second kappa shape index (κ2) is 4.55. The summed E-state index contributed by atoms with van der Waals surface area (Å²) in [5.74, 6) is -0.589. The Kier molecular flexibility index (Phi) is 2.87. The van der Waals surface area contributed by atoms with Crippen LogP contribution in [0.25, 0.3) is 0 Å². The van der Waals surface area contributed by atoms with E-state index in [-0.39, 0.29) is 5.56 Å². The molecule has 2 heterocycles. The van der Waals surface area contributed by atoms with E-state index in [9.17, 15) is 9.90 Å². The van der Waals surface area contributed by atoms with Crippen LogP contribution in [-0.2, 0) is 6.42 Å². The summed E-state index contributed by atoms with van der Waals surface area (Å²) in [5, 5.41) is 9.55. The Morgan fingerprint density at radius 1 is 1.26 bits per heavy atom. The number of fused-ring (bicyclic) bond motifs is 1. The van der Waals surface area contributed by atoms with Gasteiger partial charge in [-0.3, -0.25) is 0 Å². The Morgan fingerprint density at radius 2 is 2.05 bits per heavy atom. The maximum atomic E-state index is 11.3. The lowest BCUT2D eigenvalue weighted by atomic mass is 10.2. The van der Waals surface area contributed by atoms with Gasteiger partial charge in [0.15, 0.2) is 0 Å². The van der Waals surface area contributed by atoms with E-state index in [1.54, 1.807) is 0 Å². The molecule has 2 aromatic rings. The van der Waals surface area contributed by atoms with Crippen molar-refractivity contribution in [3.8, 4) is 0 Å². The van der Waals surface area contributed by atoms with Crippen LogP contribution in [0.2, 0.25) is 5.15 Å². The molecule has 4 nitrogen and oxygen atoms in total. The molecule has 96 valence electrons. The van der Waals surface area contributed by atoms with Crippen LogP contribution in [0.4, 0.5) is 11.5 Å². The number of anilines is 2. The molecule has 5 heteroatoms. The average molecular weight is 275 g/mol. The van der Waals surface area contributed by atoms with Gasteiger partial charge >= 0.3 is 5.97 Å². The first-order valence-electron chi connectivity index (χ1n) is 5.92. The van der Waals surface area contributed by atoms with Gasteiger partial charge in [-0.2, -0.15) is 0 Å². The number of nitrogens with zero attached hydrogens (tertiary/aromatic N) is 2. The Morgan fingerprint density at radius 3 is 2.84 bits per heavy atom. The summed E-state index contributed by atoms with van der Waals surface area (Å²) in [6.07, 6.45) is 0.878. The number of aromatic nitrogens is 1. The van der Waals surface area contributed by atoms with Crippen LogP contribution < -0.4 is 4.90 Å². The summed E-state index contributed by atoms with van der Waals surface area (Å²) in [4.78, 5) is 17.4. The van der Waals surface area contributed by atoms with Gasteiger partial charge in [0.05, 0.1) is 0 Å². The van der Waals surface area contributed by atoms with Gasteiger partial charge in [-0.05, 0) is 30.2 Å². The van der Waals surface area contributed by atoms with E-state index >= 15 is 0 Å². The first kappa shape index (κ1) is 12.0. The molecular weight excluding hydrogens is 264 g/mol. The van der Waals surface area contributed by atoms with Gasteiger partial charge in [0.25, 0.3) is 0 Å². The Bertz CT molecular complexity index is 658. The van der Waals surface area contributed by atoms with Crippen molar-refractivity contribution < 1.29 is 9.90 Å². The maximum absolute atomic E-state index is 11.3. The lowest BCUT2D eigenvalue weighted by molar-refractivity contribution is 0.0697. The normalized spacial score (nSPS) is 13.4. The molecule has 3 rings (SSSR count). The third-order valence-electron chi connectivity index (χ3n) is 3.21. The number of hydrogen-bond acceptors (Lipinski definition) is 3. The Hall–Kier alpha value is -2.07. The summed E-state index contributed by atoms with van der Waals surface area (Å²) in [5.41, 5.74) is 2.36. The number of halogens is 1. The zero-order valence-electron chi connectivity index (χ0n) is 10.0. The Balaban J connectivity index is 2.13. The predicted molar refractivity (Wildman–Crippen MR) is 73.4 cm³/mol. The number of benzene rings is 1. The molecule has 1 aliphatic heterocycles. The third-order valence-corrected chi connectivity index (χ3v) is 3.42. The fourth-order valence-corrected chi connectivity index (χ4v) is 2.50. The number of rotatable bonds is 2. The van der Waals surface area contributed by atoms with E-state index in [1.165, 1.54) is 17.7 Å². The van der Waals surface area contributed by atoms with Gasteiger partial charge in [0.1, 0.15) is 16.5 Å². The van der Waals surface area contributed by atoms with Crippen molar-refractivity contribution in [2.45, 2.75) is 6.42 Å². The second-order valence-electron chi connectivity index (χ2n) is 4.34. The molecule has 0 bridgehead atoms. The van der Waals surface area contributed by atoms with Crippen molar-refractivity contribution in [2.75, 3.05) is 11.4 Å². The van der Waals surface area contributed by atoms with Gasteiger partial charge in [0.2, 0.25) is 0 Å². The molecule has 0 unspecified atom stereocenters. The van der Waals surface area contributed by atoms with E-state index in [4.69, 9.17) is 11.6 Å². The van der Waals surface area contributed by atoms with Crippen molar-refractivity contribution in [3.63, 3.8) is 0 Å². The molecule has 0 saturated carbocycles. The topological polar surface area (TPSA) is 53.4 Å². The summed E-state index contributed by atoms with van der Waals surface area (Å²) in [6.45, 7) is 0.715. The lowest BCUT2D eigenvalue weighted by Crippen LogP contribution is -2.18. The molecule has 0 saturated heterocycles. The molecule has 0 atom stereocenters.